The van der Waals surface area contributed by atoms with Crippen molar-refractivity contribution in [3.8, 4) is 23.4 Å². The summed E-state index contributed by atoms with van der Waals surface area (Å²) in [5, 5.41) is 8.74. The van der Waals surface area contributed by atoms with Gasteiger partial charge < -0.3 is 9.47 Å². The van der Waals surface area contributed by atoms with E-state index in [1.807, 2.05) is 6.07 Å². The lowest BCUT2D eigenvalue weighted by Gasteiger charge is -2.10. The fourth-order valence-corrected chi connectivity index (χ4v) is 1.43. The van der Waals surface area contributed by atoms with Crippen LogP contribution in [0, 0.1) is 28.9 Å². The minimum atomic E-state index is -1.48. The number of nitriles is 1. The molecule has 0 N–H and O–H groups in total. The van der Waals surface area contributed by atoms with Crippen LogP contribution in [-0.4, -0.2) is 12.1 Å². The first kappa shape index (κ1) is 13.7. The molecule has 0 aliphatic rings. The number of nitrogens with zero attached hydrogens (tertiary/aromatic N) is 2. The zero-order valence-electron chi connectivity index (χ0n) is 10.2. The molecule has 0 unspecified atom stereocenters. The van der Waals surface area contributed by atoms with E-state index in [0.29, 0.717) is 11.6 Å². The first-order valence-corrected chi connectivity index (χ1v) is 5.32. The predicted molar refractivity (Wildman–Crippen MR) is 61.9 cm³/mol. The van der Waals surface area contributed by atoms with E-state index in [-0.39, 0.29) is 11.5 Å². The van der Waals surface area contributed by atoms with Crippen molar-refractivity contribution in [3.05, 3.63) is 47.4 Å². The SMILES string of the molecule is COc1cc(C#N)ccc1Oc1nc(F)c(F)cc1F. The molecule has 0 radical (unpaired) electrons. The van der Waals surface area contributed by atoms with Gasteiger partial charge in [-0.2, -0.15) is 14.6 Å². The number of pyridine rings is 1. The molecule has 0 aliphatic heterocycles. The molecular weight excluding hydrogens is 273 g/mol. The van der Waals surface area contributed by atoms with Gasteiger partial charge in [0.05, 0.1) is 18.7 Å². The maximum absolute atomic E-state index is 13.4. The third-order valence-corrected chi connectivity index (χ3v) is 2.35. The fourth-order valence-electron chi connectivity index (χ4n) is 1.43. The zero-order chi connectivity index (χ0) is 14.7. The fraction of sp³-hybridized carbons (Fsp3) is 0.0769. The number of hydrogen-bond acceptors (Lipinski definition) is 4. The van der Waals surface area contributed by atoms with Gasteiger partial charge in [-0.15, -0.1) is 0 Å². The molecule has 4 nitrogen and oxygen atoms in total. The Morgan fingerprint density at radius 3 is 2.50 bits per heavy atom. The molecule has 1 heterocycles. The Bertz CT molecular complexity index is 699. The van der Waals surface area contributed by atoms with Crippen LogP contribution in [0.1, 0.15) is 5.56 Å². The summed E-state index contributed by atoms with van der Waals surface area (Å²) in [5.41, 5.74) is 0.299. The predicted octanol–water partition coefficient (Wildman–Crippen LogP) is 3.17. The van der Waals surface area contributed by atoms with Crippen LogP contribution in [0.4, 0.5) is 13.2 Å². The standard InChI is InChI=1S/C13H7F3N2O2/c1-19-11-4-7(6-17)2-3-10(11)20-13-9(15)5-8(14)12(16)18-13/h2-5H,1H3. The second-order valence-electron chi connectivity index (χ2n) is 3.63. The zero-order valence-corrected chi connectivity index (χ0v) is 10.2. The maximum atomic E-state index is 13.4. The summed E-state index contributed by atoms with van der Waals surface area (Å²) in [6, 6.07) is 6.30. The van der Waals surface area contributed by atoms with Crippen LogP contribution in [0.3, 0.4) is 0 Å². The molecule has 2 aromatic rings. The number of halogens is 3. The molecule has 0 spiro atoms. The van der Waals surface area contributed by atoms with Crippen molar-refractivity contribution < 1.29 is 22.6 Å². The molecular formula is C13H7F3N2O2. The van der Waals surface area contributed by atoms with E-state index in [0.717, 1.165) is 0 Å². The number of rotatable bonds is 3. The molecule has 1 aromatic carbocycles. The molecule has 0 saturated carbocycles. The second-order valence-corrected chi connectivity index (χ2v) is 3.63. The molecule has 0 atom stereocenters. The summed E-state index contributed by atoms with van der Waals surface area (Å²) in [7, 11) is 1.32. The van der Waals surface area contributed by atoms with Crippen molar-refractivity contribution >= 4 is 0 Å². The summed E-state index contributed by atoms with van der Waals surface area (Å²) in [6.07, 6.45) is 0. The molecule has 0 aliphatic carbocycles. The highest BCUT2D eigenvalue weighted by molar-refractivity contribution is 5.48. The van der Waals surface area contributed by atoms with Crippen molar-refractivity contribution in [2.24, 2.45) is 0 Å². The normalized spacial score (nSPS) is 9.95. The van der Waals surface area contributed by atoms with E-state index in [1.165, 1.54) is 25.3 Å². The van der Waals surface area contributed by atoms with Gasteiger partial charge in [0.2, 0.25) is 0 Å². The van der Waals surface area contributed by atoms with E-state index < -0.39 is 23.5 Å². The van der Waals surface area contributed by atoms with E-state index in [9.17, 15) is 13.2 Å². The molecule has 2 rings (SSSR count). The van der Waals surface area contributed by atoms with Crippen LogP contribution in [0.2, 0.25) is 0 Å². The molecule has 0 fully saturated rings. The molecule has 1 aromatic heterocycles. The summed E-state index contributed by atoms with van der Waals surface area (Å²) in [5.74, 6) is -4.63. The molecule has 0 bridgehead atoms. The van der Waals surface area contributed by atoms with Crippen molar-refractivity contribution in [1.82, 2.24) is 4.98 Å². The summed E-state index contributed by atoms with van der Waals surface area (Å²) < 4.78 is 49.1. The summed E-state index contributed by atoms with van der Waals surface area (Å²) >= 11 is 0. The minimum absolute atomic E-state index is 0.0175. The van der Waals surface area contributed by atoms with Gasteiger partial charge in [0, 0.05) is 12.1 Å². The molecule has 0 saturated heterocycles. The van der Waals surface area contributed by atoms with E-state index >= 15 is 0 Å². The number of methoxy groups -OCH3 is 1. The Hall–Kier alpha value is -2.75. The summed E-state index contributed by atoms with van der Waals surface area (Å²) in [6.45, 7) is 0. The van der Waals surface area contributed by atoms with Crippen LogP contribution >= 0.6 is 0 Å². The van der Waals surface area contributed by atoms with Gasteiger partial charge in [0.15, 0.2) is 23.1 Å². The van der Waals surface area contributed by atoms with Crippen molar-refractivity contribution in [3.63, 3.8) is 0 Å². The Morgan fingerprint density at radius 2 is 1.85 bits per heavy atom. The third kappa shape index (κ3) is 2.64. The smallest absolute Gasteiger partial charge is 0.258 e. The highest BCUT2D eigenvalue weighted by Crippen LogP contribution is 2.32. The lowest BCUT2D eigenvalue weighted by atomic mass is 10.2. The van der Waals surface area contributed by atoms with Crippen LogP contribution in [0.15, 0.2) is 24.3 Å². The Morgan fingerprint density at radius 1 is 1.10 bits per heavy atom. The topological polar surface area (TPSA) is 55.1 Å². The lowest BCUT2D eigenvalue weighted by Crippen LogP contribution is -1.99. The molecule has 0 amide bonds. The van der Waals surface area contributed by atoms with Crippen LogP contribution < -0.4 is 9.47 Å². The molecule has 102 valence electrons. The van der Waals surface area contributed by atoms with Crippen molar-refractivity contribution in [1.29, 1.82) is 5.26 Å². The number of benzene rings is 1. The highest BCUT2D eigenvalue weighted by Gasteiger charge is 2.15. The van der Waals surface area contributed by atoms with E-state index in [4.69, 9.17) is 14.7 Å². The second kappa shape index (κ2) is 5.48. The quantitative estimate of drug-likeness (QED) is 0.810. The summed E-state index contributed by atoms with van der Waals surface area (Å²) in [4.78, 5) is 3.03. The first-order chi connectivity index (χ1) is 9.55. The van der Waals surface area contributed by atoms with Crippen LogP contribution in [0.5, 0.6) is 17.4 Å². The van der Waals surface area contributed by atoms with Gasteiger partial charge >= 0.3 is 0 Å². The number of ether oxygens (including phenoxy) is 2. The van der Waals surface area contributed by atoms with Crippen molar-refractivity contribution in [2.75, 3.05) is 7.11 Å². The maximum Gasteiger partial charge on any atom is 0.258 e. The van der Waals surface area contributed by atoms with E-state index in [1.54, 1.807) is 0 Å². The van der Waals surface area contributed by atoms with Gasteiger partial charge in [-0.1, -0.05) is 0 Å². The minimum Gasteiger partial charge on any atom is -0.493 e. The Balaban J connectivity index is 2.40. The Labute approximate surface area is 112 Å². The lowest BCUT2D eigenvalue weighted by molar-refractivity contribution is 0.352. The van der Waals surface area contributed by atoms with E-state index in [2.05, 4.69) is 4.98 Å². The largest absolute Gasteiger partial charge is 0.493 e. The first-order valence-electron chi connectivity index (χ1n) is 5.32. The number of aromatic nitrogens is 1. The third-order valence-electron chi connectivity index (χ3n) is 2.35. The van der Waals surface area contributed by atoms with Gasteiger partial charge in [-0.25, -0.2) is 8.78 Å². The molecule has 7 heteroatoms. The van der Waals surface area contributed by atoms with Crippen LogP contribution in [-0.2, 0) is 0 Å². The number of hydrogen-bond donors (Lipinski definition) is 0. The Kier molecular flexibility index (Phi) is 3.75. The monoisotopic (exact) mass is 280 g/mol. The molecule has 20 heavy (non-hydrogen) atoms. The van der Waals surface area contributed by atoms with Crippen LogP contribution in [0.25, 0.3) is 0 Å². The van der Waals surface area contributed by atoms with Gasteiger partial charge in [0.1, 0.15) is 0 Å². The van der Waals surface area contributed by atoms with Gasteiger partial charge in [0.25, 0.3) is 11.8 Å². The average Bonchev–Trinajstić information content (AvgIpc) is 2.45. The van der Waals surface area contributed by atoms with Gasteiger partial charge in [-0.05, 0) is 12.1 Å². The van der Waals surface area contributed by atoms with Gasteiger partial charge in [-0.3, -0.25) is 0 Å². The highest BCUT2D eigenvalue weighted by atomic mass is 19.2. The van der Waals surface area contributed by atoms with Crippen molar-refractivity contribution in [2.45, 2.75) is 0 Å². The average molecular weight is 280 g/mol.